The maximum atomic E-state index is 13.6. The first kappa shape index (κ1) is 23.1. The first-order valence-electron chi connectivity index (χ1n) is 11.7. The molecule has 2 aromatic carbocycles. The summed E-state index contributed by atoms with van der Waals surface area (Å²) in [7, 11) is 0. The fourth-order valence-corrected chi connectivity index (χ4v) is 5.24. The molecule has 3 heterocycles. The molecule has 5 nitrogen and oxygen atoms in total. The number of aromatic nitrogens is 2. The van der Waals surface area contributed by atoms with E-state index in [1.54, 1.807) is 18.3 Å². The highest BCUT2D eigenvalue weighted by atomic mass is 32.1. The van der Waals surface area contributed by atoms with Crippen molar-refractivity contribution in [3.63, 3.8) is 0 Å². The summed E-state index contributed by atoms with van der Waals surface area (Å²) in [4.78, 5) is 6.80. The lowest BCUT2D eigenvalue weighted by atomic mass is 9.96. The van der Waals surface area contributed by atoms with Gasteiger partial charge in [-0.1, -0.05) is 6.07 Å². The molecule has 0 unspecified atom stereocenters. The van der Waals surface area contributed by atoms with E-state index >= 15 is 0 Å². The summed E-state index contributed by atoms with van der Waals surface area (Å²) in [6, 6.07) is 22.4. The Labute approximate surface area is 210 Å². The van der Waals surface area contributed by atoms with Crippen LogP contribution in [-0.2, 0) is 0 Å². The van der Waals surface area contributed by atoms with Crippen LogP contribution in [0.1, 0.15) is 41.7 Å². The standard InChI is InChI=1S/C28H27FN4OS/c1-4-34-23-14-12-22(13-15-23)33-27(26(31-28(33)35)25-7-5-6-16-30-25)24-17-18(2)32(19(24)3)21-10-8-20(29)9-11-21/h5-17,26-27H,4H2,1-3H3,(H,31,35)/t26-,27+/m0/s1. The highest BCUT2D eigenvalue weighted by Gasteiger charge is 2.42. The molecule has 7 heteroatoms. The second-order valence-electron chi connectivity index (χ2n) is 8.56. The second-order valence-corrected chi connectivity index (χ2v) is 8.95. The van der Waals surface area contributed by atoms with Crippen molar-refractivity contribution in [2.75, 3.05) is 11.5 Å². The molecule has 5 rings (SSSR count). The molecule has 1 N–H and O–H groups in total. The van der Waals surface area contributed by atoms with Gasteiger partial charge in [-0.3, -0.25) is 4.98 Å². The smallest absolute Gasteiger partial charge is 0.174 e. The van der Waals surface area contributed by atoms with Crippen LogP contribution in [0.2, 0.25) is 0 Å². The van der Waals surface area contributed by atoms with Crippen LogP contribution < -0.4 is 15.0 Å². The van der Waals surface area contributed by atoms with Crippen molar-refractivity contribution >= 4 is 23.0 Å². The summed E-state index contributed by atoms with van der Waals surface area (Å²) in [6.07, 6.45) is 1.80. The largest absolute Gasteiger partial charge is 0.494 e. The maximum absolute atomic E-state index is 13.6. The van der Waals surface area contributed by atoms with Gasteiger partial charge in [0.15, 0.2) is 5.11 Å². The molecule has 0 bridgehead atoms. The van der Waals surface area contributed by atoms with Crippen molar-refractivity contribution in [2.24, 2.45) is 0 Å². The molecule has 1 aliphatic heterocycles. The number of pyridine rings is 1. The minimum absolute atomic E-state index is 0.129. The zero-order valence-corrected chi connectivity index (χ0v) is 20.7. The Kier molecular flexibility index (Phi) is 6.26. The number of aryl methyl sites for hydroxylation is 1. The minimum atomic E-state index is -0.251. The van der Waals surface area contributed by atoms with E-state index in [2.05, 4.69) is 39.7 Å². The van der Waals surface area contributed by atoms with E-state index in [9.17, 15) is 4.39 Å². The molecular formula is C28H27FN4OS. The van der Waals surface area contributed by atoms with Gasteiger partial charge in [-0.05, 0) is 105 Å². The zero-order valence-electron chi connectivity index (χ0n) is 19.9. The van der Waals surface area contributed by atoms with Gasteiger partial charge in [0.1, 0.15) is 11.6 Å². The minimum Gasteiger partial charge on any atom is -0.494 e. The van der Waals surface area contributed by atoms with Crippen molar-refractivity contribution in [3.05, 3.63) is 107 Å². The normalized spacial score (nSPS) is 17.5. The molecule has 2 aromatic heterocycles. The Bertz CT molecular complexity index is 1340. The molecule has 2 atom stereocenters. The second kappa shape index (κ2) is 9.50. The van der Waals surface area contributed by atoms with E-state index in [0.717, 1.165) is 39.8 Å². The van der Waals surface area contributed by atoms with Crippen LogP contribution in [0.5, 0.6) is 5.75 Å². The molecule has 178 valence electrons. The van der Waals surface area contributed by atoms with Gasteiger partial charge in [0.25, 0.3) is 0 Å². The fraction of sp³-hybridized carbons (Fsp3) is 0.214. The molecule has 0 amide bonds. The van der Waals surface area contributed by atoms with Crippen LogP contribution in [-0.4, -0.2) is 21.3 Å². The Morgan fingerprint density at radius 1 is 1.00 bits per heavy atom. The number of anilines is 1. The Morgan fingerprint density at radius 3 is 2.37 bits per heavy atom. The summed E-state index contributed by atoms with van der Waals surface area (Å²) in [5.74, 6) is 0.570. The predicted octanol–water partition coefficient (Wildman–Crippen LogP) is 6.20. The molecule has 1 fully saturated rings. The Morgan fingerprint density at radius 2 is 1.71 bits per heavy atom. The van der Waals surface area contributed by atoms with Crippen LogP contribution in [0.15, 0.2) is 79.0 Å². The SMILES string of the molecule is CCOc1ccc(N2C(=S)N[C@@H](c3ccccn3)[C@H]2c2cc(C)n(-c3ccc(F)cc3)c2C)cc1. The topological polar surface area (TPSA) is 42.3 Å². The lowest BCUT2D eigenvalue weighted by Gasteiger charge is -2.28. The average molecular weight is 487 g/mol. The van der Waals surface area contributed by atoms with Crippen LogP contribution in [0.25, 0.3) is 5.69 Å². The summed E-state index contributed by atoms with van der Waals surface area (Å²) in [6.45, 7) is 6.75. The number of thiocarbonyl (C=S) groups is 1. The van der Waals surface area contributed by atoms with E-state index in [1.807, 2.05) is 49.4 Å². The van der Waals surface area contributed by atoms with Crippen molar-refractivity contribution < 1.29 is 9.13 Å². The molecule has 4 aromatic rings. The highest BCUT2D eigenvalue weighted by Crippen LogP contribution is 2.44. The summed E-state index contributed by atoms with van der Waals surface area (Å²) in [5.41, 5.74) is 6.07. The van der Waals surface area contributed by atoms with Gasteiger partial charge in [-0.2, -0.15) is 0 Å². The van der Waals surface area contributed by atoms with E-state index in [-0.39, 0.29) is 17.9 Å². The van der Waals surface area contributed by atoms with Crippen molar-refractivity contribution in [1.82, 2.24) is 14.9 Å². The average Bonchev–Trinajstić information content (AvgIpc) is 3.36. The molecule has 35 heavy (non-hydrogen) atoms. The van der Waals surface area contributed by atoms with Crippen LogP contribution in [0.3, 0.4) is 0 Å². The number of benzene rings is 2. The van der Waals surface area contributed by atoms with Crippen molar-refractivity contribution in [2.45, 2.75) is 32.9 Å². The maximum Gasteiger partial charge on any atom is 0.174 e. The number of nitrogens with zero attached hydrogens (tertiary/aromatic N) is 3. The van der Waals surface area contributed by atoms with Gasteiger partial charge in [0.05, 0.1) is 24.4 Å². The van der Waals surface area contributed by atoms with E-state index in [0.29, 0.717) is 11.7 Å². The lowest BCUT2D eigenvalue weighted by Crippen LogP contribution is -2.29. The molecule has 1 aliphatic rings. The van der Waals surface area contributed by atoms with Gasteiger partial charge in [-0.25, -0.2) is 4.39 Å². The Hall–Kier alpha value is -3.71. The number of rotatable bonds is 6. The monoisotopic (exact) mass is 486 g/mol. The third-order valence-electron chi connectivity index (χ3n) is 6.40. The first-order chi connectivity index (χ1) is 17.0. The number of hydrogen-bond acceptors (Lipinski definition) is 3. The van der Waals surface area contributed by atoms with E-state index in [4.69, 9.17) is 17.0 Å². The molecule has 0 radical (unpaired) electrons. The number of nitrogens with one attached hydrogen (secondary N) is 1. The molecule has 0 saturated carbocycles. The van der Waals surface area contributed by atoms with Gasteiger partial charge in [-0.15, -0.1) is 0 Å². The van der Waals surface area contributed by atoms with E-state index in [1.165, 1.54) is 12.1 Å². The molecule has 1 saturated heterocycles. The van der Waals surface area contributed by atoms with E-state index < -0.39 is 0 Å². The first-order valence-corrected chi connectivity index (χ1v) is 12.1. The summed E-state index contributed by atoms with van der Waals surface area (Å²) >= 11 is 5.86. The molecular weight excluding hydrogens is 459 g/mol. The fourth-order valence-electron chi connectivity index (χ4n) is 4.89. The summed E-state index contributed by atoms with van der Waals surface area (Å²) < 4.78 is 21.4. The van der Waals surface area contributed by atoms with Crippen LogP contribution in [0, 0.1) is 19.7 Å². The zero-order chi connectivity index (χ0) is 24.5. The van der Waals surface area contributed by atoms with Gasteiger partial charge in [0, 0.05) is 29.0 Å². The number of ether oxygens (including phenoxy) is 1. The van der Waals surface area contributed by atoms with Crippen LogP contribution in [0.4, 0.5) is 10.1 Å². The highest BCUT2D eigenvalue weighted by molar-refractivity contribution is 7.80. The van der Waals surface area contributed by atoms with Crippen molar-refractivity contribution in [1.29, 1.82) is 0 Å². The van der Waals surface area contributed by atoms with Crippen molar-refractivity contribution in [3.8, 4) is 11.4 Å². The Balaban J connectivity index is 1.63. The predicted molar refractivity (Wildman–Crippen MR) is 141 cm³/mol. The summed E-state index contributed by atoms with van der Waals surface area (Å²) in [5, 5.41) is 4.16. The van der Waals surface area contributed by atoms with Crippen LogP contribution >= 0.6 is 12.2 Å². The number of halogens is 1. The number of hydrogen-bond donors (Lipinski definition) is 1. The van der Waals surface area contributed by atoms with Gasteiger partial charge < -0.3 is 19.5 Å². The molecule has 0 aliphatic carbocycles. The quantitative estimate of drug-likeness (QED) is 0.329. The van der Waals surface area contributed by atoms with Gasteiger partial charge in [0.2, 0.25) is 0 Å². The third-order valence-corrected chi connectivity index (χ3v) is 6.71. The van der Waals surface area contributed by atoms with Gasteiger partial charge >= 0.3 is 0 Å². The molecule has 0 spiro atoms. The third kappa shape index (κ3) is 4.28. The lowest BCUT2D eigenvalue weighted by molar-refractivity contribution is 0.340.